The van der Waals surface area contributed by atoms with Gasteiger partial charge in [-0.3, -0.25) is 4.79 Å². The highest BCUT2D eigenvalue weighted by Gasteiger charge is 2.41. The van der Waals surface area contributed by atoms with E-state index in [0.29, 0.717) is 6.42 Å². The lowest BCUT2D eigenvalue weighted by Crippen LogP contribution is -2.53. The van der Waals surface area contributed by atoms with Crippen LogP contribution in [0.2, 0.25) is 0 Å². The summed E-state index contributed by atoms with van der Waals surface area (Å²) in [7, 11) is 0. The molecule has 1 saturated heterocycles. The predicted molar refractivity (Wildman–Crippen MR) is 113 cm³/mol. The number of alkyl carbamates (subject to hydrolysis) is 1. The van der Waals surface area contributed by atoms with Gasteiger partial charge in [-0.05, 0) is 35.6 Å². The minimum Gasteiger partial charge on any atom is -0.508 e. The van der Waals surface area contributed by atoms with E-state index in [0.717, 1.165) is 11.1 Å². The monoisotopic (exact) mass is 428 g/mol. The number of aliphatic hydroxyl groups excluding tert-OH is 1. The molecule has 0 spiro atoms. The standard InChI is InChI=1S/C23H28N2O6/c1-15(2)20(24-23(29)30-13-17-6-4-3-5-7-17)21(27)25-14-31-22(28)19(25)12-16-8-10-18(26)11-9-16/h3-11,15,19-20,22,26,28H,12-14H2,1-2H3,(H,24,29)/t19-,20-,22+/m0/s1. The van der Waals surface area contributed by atoms with E-state index in [9.17, 15) is 19.8 Å². The molecule has 0 saturated carbocycles. The zero-order valence-corrected chi connectivity index (χ0v) is 17.6. The Morgan fingerprint density at radius 1 is 1.13 bits per heavy atom. The molecule has 0 radical (unpaired) electrons. The van der Waals surface area contributed by atoms with Crippen molar-refractivity contribution in [3.05, 3.63) is 65.7 Å². The second-order valence-corrected chi connectivity index (χ2v) is 7.86. The van der Waals surface area contributed by atoms with Crippen LogP contribution in [-0.4, -0.2) is 52.2 Å². The predicted octanol–water partition coefficient (Wildman–Crippen LogP) is 2.39. The van der Waals surface area contributed by atoms with Gasteiger partial charge in [0.1, 0.15) is 25.1 Å². The normalized spacial score (nSPS) is 19.3. The van der Waals surface area contributed by atoms with Crippen LogP contribution in [0.15, 0.2) is 54.6 Å². The van der Waals surface area contributed by atoms with Crippen LogP contribution in [-0.2, 0) is 27.3 Å². The van der Waals surface area contributed by atoms with Crippen molar-refractivity contribution in [2.45, 2.75) is 45.2 Å². The number of hydrogen-bond donors (Lipinski definition) is 3. The molecule has 2 aromatic carbocycles. The lowest BCUT2D eigenvalue weighted by Gasteiger charge is -2.30. The maximum absolute atomic E-state index is 13.2. The lowest BCUT2D eigenvalue weighted by atomic mass is 10.00. The van der Waals surface area contributed by atoms with Crippen LogP contribution in [0, 0.1) is 5.92 Å². The number of carbonyl (C=O) groups is 2. The van der Waals surface area contributed by atoms with Crippen molar-refractivity contribution in [3.63, 3.8) is 0 Å². The molecule has 3 atom stereocenters. The van der Waals surface area contributed by atoms with Gasteiger partial charge >= 0.3 is 6.09 Å². The van der Waals surface area contributed by atoms with Crippen molar-refractivity contribution in [1.82, 2.24) is 10.2 Å². The fraction of sp³-hybridized carbons (Fsp3) is 0.391. The summed E-state index contributed by atoms with van der Waals surface area (Å²) in [6, 6.07) is 14.4. The van der Waals surface area contributed by atoms with Crippen molar-refractivity contribution in [1.29, 1.82) is 0 Å². The first-order chi connectivity index (χ1) is 14.8. The molecule has 0 bridgehead atoms. The molecule has 0 aliphatic carbocycles. The topological polar surface area (TPSA) is 108 Å². The first kappa shape index (κ1) is 22.6. The highest BCUT2D eigenvalue weighted by Crippen LogP contribution is 2.23. The number of aliphatic hydroxyl groups is 1. The van der Waals surface area contributed by atoms with Gasteiger partial charge in [0.25, 0.3) is 0 Å². The van der Waals surface area contributed by atoms with Gasteiger partial charge in [0.05, 0.1) is 6.04 Å². The average Bonchev–Trinajstić information content (AvgIpc) is 3.12. The van der Waals surface area contributed by atoms with Crippen LogP contribution in [0.25, 0.3) is 0 Å². The third-order valence-electron chi connectivity index (χ3n) is 5.20. The lowest BCUT2D eigenvalue weighted by molar-refractivity contribution is -0.136. The van der Waals surface area contributed by atoms with E-state index in [1.807, 2.05) is 44.2 Å². The number of carbonyl (C=O) groups excluding carboxylic acids is 2. The largest absolute Gasteiger partial charge is 0.508 e. The summed E-state index contributed by atoms with van der Waals surface area (Å²) in [5, 5.41) is 22.4. The quantitative estimate of drug-likeness (QED) is 0.625. The number of ether oxygens (including phenoxy) is 2. The van der Waals surface area contributed by atoms with Crippen molar-refractivity contribution in [3.8, 4) is 5.75 Å². The number of benzene rings is 2. The van der Waals surface area contributed by atoms with Crippen molar-refractivity contribution in [2.24, 2.45) is 5.92 Å². The van der Waals surface area contributed by atoms with Gasteiger partial charge < -0.3 is 29.9 Å². The Morgan fingerprint density at radius 2 is 1.81 bits per heavy atom. The van der Waals surface area contributed by atoms with E-state index >= 15 is 0 Å². The Morgan fingerprint density at radius 3 is 2.45 bits per heavy atom. The number of amides is 2. The fourth-order valence-electron chi connectivity index (χ4n) is 3.41. The van der Waals surface area contributed by atoms with Crippen LogP contribution < -0.4 is 5.32 Å². The number of nitrogens with one attached hydrogen (secondary N) is 1. The molecule has 2 aromatic rings. The number of nitrogens with zero attached hydrogens (tertiary/aromatic N) is 1. The number of phenolic OH excluding ortho intramolecular Hbond substituents is 1. The smallest absolute Gasteiger partial charge is 0.408 e. The van der Waals surface area contributed by atoms with Crippen LogP contribution in [0.1, 0.15) is 25.0 Å². The molecule has 1 aliphatic rings. The Labute approximate surface area is 181 Å². The van der Waals surface area contributed by atoms with Crippen molar-refractivity contribution >= 4 is 12.0 Å². The Bertz CT molecular complexity index is 871. The maximum Gasteiger partial charge on any atom is 0.408 e. The summed E-state index contributed by atoms with van der Waals surface area (Å²) < 4.78 is 10.6. The summed E-state index contributed by atoms with van der Waals surface area (Å²) >= 11 is 0. The Kier molecular flexibility index (Phi) is 7.49. The van der Waals surface area contributed by atoms with E-state index in [-0.39, 0.29) is 30.9 Å². The number of phenols is 1. The Balaban J connectivity index is 1.64. The number of aromatic hydroxyl groups is 1. The highest BCUT2D eigenvalue weighted by molar-refractivity contribution is 5.86. The van der Waals surface area contributed by atoms with Gasteiger partial charge in [-0.15, -0.1) is 0 Å². The fourth-order valence-corrected chi connectivity index (χ4v) is 3.41. The molecule has 166 valence electrons. The number of rotatable bonds is 7. The zero-order valence-electron chi connectivity index (χ0n) is 17.6. The molecule has 8 heteroatoms. The zero-order chi connectivity index (χ0) is 22.4. The molecular weight excluding hydrogens is 400 g/mol. The first-order valence-electron chi connectivity index (χ1n) is 10.2. The molecule has 1 aliphatic heterocycles. The summed E-state index contributed by atoms with van der Waals surface area (Å²) in [5.74, 6) is -0.422. The maximum atomic E-state index is 13.2. The van der Waals surface area contributed by atoms with Crippen molar-refractivity contribution in [2.75, 3.05) is 6.73 Å². The van der Waals surface area contributed by atoms with Gasteiger partial charge in [0, 0.05) is 0 Å². The highest BCUT2D eigenvalue weighted by atomic mass is 16.6. The number of hydrogen-bond acceptors (Lipinski definition) is 6. The van der Waals surface area contributed by atoms with Crippen LogP contribution >= 0.6 is 0 Å². The molecule has 2 amide bonds. The van der Waals surface area contributed by atoms with E-state index in [1.165, 1.54) is 4.90 Å². The van der Waals surface area contributed by atoms with Gasteiger partial charge in [0.15, 0.2) is 6.29 Å². The van der Waals surface area contributed by atoms with Crippen LogP contribution in [0.5, 0.6) is 5.75 Å². The van der Waals surface area contributed by atoms with Gasteiger partial charge in [-0.1, -0.05) is 56.3 Å². The summed E-state index contributed by atoms with van der Waals surface area (Å²) in [6.45, 7) is 3.66. The van der Waals surface area contributed by atoms with Gasteiger partial charge in [0.2, 0.25) is 5.91 Å². The van der Waals surface area contributed by atoms with Gasteiger partial charge in [-0.2, -0.15) is 0 Å². The van der Waals surface area contributed by atoms with E-state index in [2.05, 4.69) is 5.32 Å². The molecule has 31 heavy (non-hydrogen) atoms. The molecule has 3 rings (SSSR count). The second kappa shape index (κ2) is 10.3. The SMILES string of the molecule is CC(C)[C@H](NC(=O)OCc1ccccc1)C(=O)N1CO[C@@H](O)[C@@H]1Cc1ccc(O)cc1. The molecule has 1 fully saturated rings. The summed E-state index contributed by atoms with van der Waals surface area (Å²) in [4.78, 5) is 27.0. The van der Waals surface area contributed by atoms with Crippen LogP contribution in [0.4, 0.5) is 4.79 Å². The molecule has 1 heterocycles. The van der Waals surface area contributed by atoms with Gasteiger partial charge in [-0.25, -0.2) is 4.79 Å². The molecule has 0 aromatic heterocycles. The first-order valence-corrected chi connectivity index (χ1v) is 10.2. The summed E-state index contributed by atoms with van der Waals surface area (Å²) in [5.41, 5.74) is 1.68. The van der Waals surface area contributed by atoms with E-state index < -0.39 is 24.5 Å². The average molecular weight is 428 g/mol. The Hall–Kier alpha value is -3.10. The minimum atomic E-state index is -1.14. The minimum absolute atomic E-state index is 0.0767. The molecule has 3 N–H and O–H groups in total. The molecular formula is C23H28N2O6. The van der Waals surface area contributed by atoms with Crippen molar-refractivity contribution < 1.29 is 29.3 Å². The third-order valence-corrected chi connectivity index (χ3v) is 5.20. The van der Waals surface area contributed by atoms with E-state index in [4.69, 9.17) is 9.47 Å². The van der Waals surface area contributed by atoms with Crippen LogP contribution in [0.3, 0.4) is 0 Å². The summed E-state index contributed by atoms with van der Waals surface area (Å²) in [6.07, 6.45) is -1.49. The van der Waals surface area contributed by atoms with E-state index in [1.54, 1.807) is 24.3 Å². The molecule has 0 unspecified atom stereocenters. The second-order valence-electron chi connectivity index (χ2n) is 7.86. The third kappa shape index (κ3) is 5.96. The molecule has 8 nitrogen and oxygen atoms in total.